The SMILES string of the molecule is Cc1c(CC#N)cc(CF)nc1OC(F)(F)F. The molecule has 1 rings (SSSR count). The second-order valence-electron chi connectivity index (χ2n) is 3.22. The summed E-state index contributed by atoms with van der Waals surface area (Å²) < 4.78 is 52.2. The molecule has 0 atom stereocenters. The van der Waals surface area contributed by atoms with Crippen molar-refractivity contribution in [1.82, 2.24) is 4.98 Å². The van der Waals surface area contributed by atoms with Crippen LogP contribution in [0.4, 0.5) is 17.6 Å². The van der Waals surface area contributed by atoms with Crippen LogP contribution in [0.15, 0.2) is 6.07 Å². The Hall–Kier alpha value is -1.84. The first-order valence-electron chi connectivity index (χ1n) is 4.55. The molecule has 0 fully saturated rings. The second-order valence-corrected chi connectivity index (χ2v) is 3.22. The van der Waals surface area contributed by atoms with Gasteiger partial charge in [-0.15, -0.1) is 13.2 Å². The van der Waals surface area contributed by atoms with Gasteiger partial charge in [0.05, 0.1) is 18.2 Å². The first-order chi connectivity index (χ1) is 7.87. The first kappa shape index (κ1) is 13.2. The van der Waals surface area contributed by atoms with Gasteiger partial charge in [0.2, 0.25) is 5.88 Å². The summed E-state index contributed by atoms with van der Waals surface area (Å²) in [5.74, 6) is -0.710. The fourth-order valence-electron chi connectivity index (χ4n) is 1.24. The molecule has 0 radical (unpaired) electrons. The standard InChI is InChI=1S/C10H8F4N2O/c1-6-7(2-3-15)4-8(5-11)16-9(6)17-10(12,13)14/h4H,2,5H2,1H3. The zero-order valence-corrected chi connectivity index (χ0v) is 8.81. The molecular weight excluding hydrogens is 240 g/mol. The van der Waals surface area contributed by atoms with E-state index in [-0.39, 0.29) is 23.2 Å². The van der Waals surface area contributed by atoms with E-state index < -0.39 is 18.9 Å². The van der Waals surface area contributed by atoms with E-state index in [1.165, 1.54) is 13.0 Å². The minimum absolute atomic E-state index is 0.0843. The molecule has 92 valence electrons. The van der Waals surface area contributed by atoms with Crippen LogP contribution in [0.3, 0.4) is 0 Å². The van der Waals surface area contributed by atoms with Gasteiger partial charge in [0.1, 0.15) is 6.67 Å². The summed E-state index contributed by atoms with van der Waals surface area (Å²) in [7, 11) is 0. The van der Waals surface area contributed by atoms with Crippen molar-refractivity contribution >= 4 is 0 Å². The van der Waals surface area contributed by atoms with Crippen molar-refractivity contribution in [2.45, 2.75) is 26.4 Å². The van der Waals surface area contributed by atoms with Gasteiger partial charge in [-0.25, -0.2) is 9.37 Å². The van der Waals surface area contributed by atoms with Crippen molar-refractivity contribution < 1.29 is 22.3 Å². The smallest absolute Gasteiger partial charge is 0.388 e. The molecule has 17 heavy (non-hydrogen) atoms. The summed E-state index contributed by atoms with van der Waals surface area (Å²) in [6, 6.07) is 3.03. The van der Waals surface area contributed by atoms with Gasteiger partial charge < -0.3 is 4.74 Å². The maximum absolute atomic E-state index is 12.4. The Kier molecular flexibility index (Phi) is 3.89. The molecule has 0 bridgehead atoms. The number of hydrogen-bond acceptors (Lipinski definition) is 3. The lowest BCUT2D eigenvalue weighted by Gasteiger charge is -2.13. The molecule has 0 aliphatic heterocycles. The highest BCUT2D eigenvalue weighted by Gasteiger charge is 2.33. The van der Waals surface area contributed by atoms with Gasteiger partial charge in [-0.3, -0.25) is 0 Å². The maximum Gasteiger partial charge on any atom is 0.574 e. The molecule has 0 saturated carbocycles. The molecule has 0 amide bonds. The zero-order valence-electron chi connectivity index (χ0n) is 8.81. The van der Waals surface area contributed by atoms with Gasteiger partial charge >= 0.3 is 6.36 Å². The van der Waals surface area contributed by atoms with Gasteiger partial charge in [-0.2, -0.15) is 5.26 Å². The summed E-state index contributed by atoms with van der Waals surface area (Å²) in [4.78, 5) is 3.39. The Morgan fingerprint density at radius 2 is 2.12 bits per heavy atom. The average Bonchev–Trinajstić information content (AvgIpc) is 2.22. The zero-order chi connectivity index (χ0) is 13.1. The van der Waals surface area contributed by atoms with Gasteiger partial charge in [0.15, 0.2) is 0 Å². The molecule has 0 saturated heterocycles. The van der Waals surface area contributed by atoms with Crippen LogP contribution in [0.1, 0.15) is 16.8 Å². The van der Waals surface area contributed by atoms with E-state index in [1.807, 2.05) is 0 Å². The van der Waals surface area contributed by atoms with Crippen LogP contribution in [-0.4, -0.2) is 11.3 Å². The molecule has 7 heteroatoms. The van der Waals surface area contributed by atoms with E-state index in [1.54, 1.807) is 6.07 Å². The predicted molar refractivity (Wildman–Crippen MR) is 49.8 cm³/mol. The number of pyridine rings is 1. The van der Waals surface area contributed by atoms with Crippen LogP contribution in [0, 0.1) is 18.3 Å². The Morgan fingerprint density at radius 3 is 2.59 bits per heavy atom. The van der Waals surface area contributed by atoms with Crippen molar-refractivity contribution in [3.63, 3.8) is 0 Å². The van der Waals surface area contributed by atoms with Gasteiger partial charge in [0.25, 0.3) is 0 Å². The molecule has 0 N–H and O–H groups in total. The van der Waals surface area contributed by atoms with Crippen molar-refractivity contribution in [3.8, 4) is 11.9 Å². The minimum Gasteiger partial charge on any atom is -0.388 e. The number of alkyl halides is 4. The number of ether oxygens (including phenoxy) is 1. The topological polar surface area (TPSA) is 45.9 Å². The van der Waals surface area contributed by atoms with Crippen LogP contribution in [-0.2, 0) is 13.1 Å². The number of aromatic nitrogens is 1. The number of nitrogens with zero attached hydrogens (tertiary/aromatic N) is 2. The molecular formula is C10H8F4N2O. The fraction of sp³-hybridized carbons (Fsp3) is 0.400. The Bertz CT molecular complexity index is 451. The molecule has 3 nitrogen and oxygen atoms in total. The van der Waals surface area contributed by atoms with Gasteiger partial charge in [-0.05, 0) is 18.6 Å². The average molecular weight is 248 g/mol. The summed E-state index contributed by atoms with van der Waals surface area (Å²) >= 11 is 0. The number of nitriles is 1. The highest BCUT2D eigenvalue weighted by Crippen LogP contribution is 2.27. The molecule has 0 spiro atoms. The lowest BCUT2D eigenvalue weighted by Crippen LogP contribution is -2.19. The molecule has 1 heterocycles. The van der Waals surface area contributed by atoms with Gasteiger partial charge in [-0.1, -0.05) is 0 Å². The third-order valence-electron chi connectivity index (χ3n) is 2.01. The highest BCUT2D eigenvalue weighted by atomic mass is 19.4. The largest absolute Gasteiger partial charge is 0.574 e. The van der Waals surface area contributed by atoms with Crippen molar-refractivity contribution in [1.29, 1.82) is 5.26 Å². The number of rotatable bonds is 3. The van der Waals surface area contributed by atoms with Crippen LogP contribution >= 0.6 is 0 Å². The minimum atomic E-state index is -4.89. The van der Waals surface area contributed by atoms with E-state index >= 15 is 0 Å². The normalized spacial score (nSPS) is 11.1. The lowest BCUT2D eigenvalue weighted by molar-refractivity contribution is -0.276. The van der Waals surface area contributed by atoms with E-state index in [2.05, 4.69) is 9.72 Å². The van der Waals surface area contributed by atoms with Crippen molar-refractivity contribution in [2.75, 3.05) is 0 Å². The van der Waals surface area contributed by atoms with Crippen molar-refractivity contribution in [3.05, 3.63) is 22.9 Å². The molecule has 1 aromatic heterocycles. The van der Waals surface area contributed by atoms with Crippen LogP contribution in [0.25, 0.3) is 0 Å². The number of hydrogen-bond donors (Lipinski definition) is 0. The van der Waals surface area contributed by atoms with E-state index in [9.17, 15) is 17.6 Å². The summed E-state index contributed by atoms with van der Waals surface area (Å²) in [5, 5.41) is 8.50. The van der Waals surface area contributed by atoms with E-state index in [0.29, 0.717) is 0 Å². The fourth-order valence-corrected chi connectivity index (χ4v) is 1.24. The Morgan fingerprint density at radius 1 is 1.47 bits per heavy atom. The van der Waals surface area contributed by atoms with Crippen LogP contribution in [0.2, 0.25) is 0 Å². The van der Waals surface area contributed by atoms with E-state index in [0.717, 1.165) is 0 Å². The molecule has 0 unspecified atom stereocenters. The maximum atomic E-state index is 12.4. The monoisotopic (exact) mass is 248 g/mol. The summed E-state index contributed by atoms with van der Waals surface area (Å²) in [6.45, 7) is 0.315. The highest BCUT2D eigenvalue weighted by molar-refractivity contribution is 5.37. The summed E-state index contributed by atoms with van der Waals surface area (Å²) in [6.07, 6.45) is -5.02. The molecule has 0 aliphatic rings. The lowest BCUT2D eigenvalue weighted by atomic mass is 10.1. The third-order valence-corrected chi connectivity index (χ3v) is 2.01. The van der Waals surface area contributed by atoms with Crippen LogP contribution in [0.5, 0.6) is 5.88 Å². The predicted octanol–water partition coefficient (Wildman–Crippen LogP) is 2.82. The quantitative estimate of drug-likeness (QED) is 0.772. The number of halogens is 4. The van der Waals surface area contributed by atoms with Crippen LogP contribution < -0.4 is 4.74 Å². The van der Waals surface area contributed by atoms with E-state index in [4.69, 9.17) is 5.26 Å². The third kappa shape index (κ3) is 3.59. The van der Waals surface area contributed by atoms with Crippen molar-refractivity contribution in [2.24, 2.45) is 0 Å². The first-order valence-corrected chi connectivity index (χ1v) is 4.55. The Balaban J connectivity index is 3.20. The van der Waals surface area contributed by atoms with Gasteiger partial charge in [0, 0.05) is 5.56 Å². The second kappa shape index (κ2) is 4.99. The molecule has 0 aromatic carbocycles. The Labute approximate surface area is 94.6 Å². The summed E-state index contributed by atoms with van der Waals surface area (Å²) in [5.41, 5.74) is 0.163. The molecule has 0 aliphatic carbocycles. The molecule has 1 aromatic rings.